The molecule has 6 heterocycles. The van der Waals surface area contributed by atoms with Gasteiger partial charge in [-0.05, 0) is 126 Å². The fourth-order valence-electron chi connectivity index (χ4n) is 16.7. The second-order valence-corrected chi connectivity index (χ2v) is 25.5. The fraction of sp³-hybridized carbons (Fsp3) is 0.0112. The first-order valence-corrected chi connectivity index (χ1v) is 33.1. The van der Waals surface area contributed by atoms with Gasteiger partial charge in [-0.3, -0.25) is 4.98 Å². The van der Waals surface area contributed by atoms with Gasteiger partial charge in [0.1, 0.15) is 11.7 Å². The van der Waals surface area contributed by atoms with Gasteiger partial charge in [-0.15, -0.1) is 0 Å². The number of allylic oxidation sites excluding steroid dienone is 2. The predicted octanol–water partition coefficient (Wildman–Crippen LogP) is 22.4. The van der Waals surface area contributed by atoms with Crippen molar-refractivity contribution in [3.63, 3.8) is 0 Å². The quantitative estimate of drug-likeness (QED) is 0.156. The normalized spacial score (nSPS) is 14.0. The highest BCUT2D eigenvalue weighted by Crippen LogP contribution is 2.56. The summed E-state index contributed by atoms with van der Waals surface area (Å²) in [7, 11) is 0. The lowest BCUT2D eigenvalue weighted by atomic mass is 9.80. The summed E-state index contributed by atoms with van der Waals surface area (Å²) in [6, 6.07) is 112. The number of pyridine rings is 1. The van der Waals surface area contributed by atoms with Gasteiger partial charge in [-0.2, -0.15) is 4.58 Å². The molecule has 96 heavy (non-hydrogen) atoms. The van der Waals surface area contributed by atoms with Gasteiger partial charge in [0.15, 0.2) is 0 Å². The van der Waals surface area contributed by atoms with Crippen LogP contribution in [0, 0.1) is 0 Å². The summed E-state index contributed by atoms with van der Waals surface area (Å²) in [4.78, 5) is 8.07. The molecule has 0 bridgehead atoms. The molecule has 1 unspecified atom stereocenters. The van der Waals surface area contributed by atoms with Crippen LogP contribution in [0.5, 0.6) is 0 Å². The van der Waals surface area contributed by atoms with E-state index >= 15 is 0 Å². The maximum atomic E-state index is 5.55. The van der Waals surface area contributed by atoms with Gasteiger partial charge in [0.2, 0.25) is 17.1 Å². The van der Waals surface area contributed by atoms with E-state index in [1.54, 1.807) is 0 Å². The Morgan fingerprint density at radius 3 is 1.25 bits per heavy atom. The molecular formula is C89H56N7+. The van der Waals surface area contributed by atoms with Crippen LogP contribution in [0.15, 0.2) is 334 Å². The van der Waals surface area contributed by atoms with Crippen molar-refractivity contribution in [2.75, 3.05) is 4.90 Å². The first-order chi connectivity index (χ1) is 47.7. The molecule has 0 spiro atoms. The molecule has 0 saturated carbocycles. The van der Waals surface area contributed by atoms with Crippen LogP contribution in [-0.2, 0) is 0 Å². The second kappa shape index (κ2) is 20.3. The SMILES string of the molecule is C1=CC2=[N+](c3ccccc3)c3cc4c(cc3N(c3ccccc3)C2C=C1)-c1ncccc1-c1cccc(-n2c3ccccc3c3cc(-n5c6ccccc6c6ccccc65)ccc32)c1-c1c-4cccc1-n1c2ccccc2c2cc(-n3c4ccccc4c4ccccc43)ccc21. The molecule has 0 N–H and O–H groups in total. The summed E-state index contributed by atoms with van der Waals surface area (Å²) in [5.41, 5.74) is 27.7. The lowest BCUT2D eigenvalue weighted by Crippen LogP contribution is -2.44. The van der Waals surface area contributed by atoms with E-state index in [2.05, 4.69) is 355 Å². The molecule has 7 heteroatoms. The Kier molecular flexibility index (Phi) is 11.2. The Labute approximate surface area is 552 Å². The van der Waals surface area contributed by atoms with Crippen LogP contribution >= 0.6 is 0 Å². The monoisotopic (exact) mass is 1220 g/mol. The molecule has 0 radical (unpaired) electrons. The van der Waals surface area contributed by atoms with Crippen molar-refractivity contribution in [1.82, 2.24) is 27.8 Å². The number of benzene rings is 13. The summed E-state index contributed by atoms with van der Waals surface area (Å²) >= 11 is 0. The van der Waals surface area contributed by atoms with E-state index in [9.17, 15) is 0 Å². The van der Waals surface area contributed by atoms with E-state index < -0.39 is 0 Å². The van der Waals surface area contributed by atoms with Gasteiger partial charge in [0, 0.05) is 113 Å². The number of hydrogen-bond acceptors (Lipinski definition) is 2. The molecular weight excluding hydrogens is 1170 g/mol. The molecule has 18 aromatic rings. The number of aromatic nitrogens is 5. The third-order valence-corrected chi connectivity index (χ3v) is 20.6. The Balaban J connectivity index is 0.891. The van der Waals surface area contributed by atoms with E-state index in [-0.39, 0.29) is 6.04 Å². The van der Waals surface area contributed by atoms with E-state index in [0.717, 1.165) is 112 Å². The van der Waals surface area contributed by atoms with Crippen LogP contribution < -0.4 is 9.48 Å². The maximum Gasteiger partial charge on any atom is 0.236 e. The van der Waals surface area contributed by atoms with Gasteiger partial charge < -0.3 is 23.2 Å². The van der Waals surface area contributed by atoms with Crippen molar-refractivity contribution in [2.45, 2.75) is 6.04 Å². The average molecular weight is 1220 g/mol. The highest BCUT2D eigenvalue weighted by atomic mass is 15.2. The molecule has 0 saturated heterocycles. The summed E-state index contributed by atoms with van der Waals surface area (Å²) in [6.45, 7) is 0. The number of rotatable bonds is 6. The van der Waals surface area contributed by atoms with Crippen LogP contribution in [0.25, 0.3) is 155 Å². The van der Waals surface area contributed by atoms with Crippen LogP contribution in [-0.4, -0.2) is 35.0 Å². The number of fused-ring (bicyclic) bond motifs is 22. The number of para-hydroxylation sites is 8. The van der Waals surface area contributed by atoms with Crippen molar-refractivity contribution >= 4 is 116 Å². The van der Waals surface area contributed by atoms with Crippen LogP contribution in [0.3, 0.4) is 0 Å². The summed E-state index contributed by atoms with van der Waals surface area (Å²) in [5.74, 6) is 0. The smallest absolute Gasteiger partial charge is 0.236 e. The first-order valence-electron chi connectivity index (χ1n) is 33.1. The molecule has 1 atom stereocenters. The summed E-state index contributed by atoms with van der Waals surface area (Å²) < 4.78 is 12.5. The molecule has 21 rings (SSSR count). The van der Waals surface area contributed by atoms with Gasteiger partial charge in [0.05, 0.1) is 61.2 Å². The molecule has 1 aliphatic heterocycles. The third kappa shape index (κ3) is 7.42. The number of hydrogen-bond donors (Lipinski definition) is 0. The van der Waals surface area contributed by atoms with Crippen LogP contribution in [0.2, 0.25) is 0 Å². The van der Waals surface area contributed by atoms with Crippen LogP contribution in [0.1, 0.15) is 0 Å². The fourth-order valence-corrected chi connectivity index (χ4v) is 16.7. The molecule has 13 aromatic carbocycles. The van der Waals surface area contributed by atoms with Crippen LogP contribution in [0.4, 0.5) is 22.7 Å². The van der Waals surface area contributed by atoms with Gasteiger partial charge in [0.25, 0.3) is 0 Å². The third-order valence-electron chi connectivity index (χ3n) is 20.6. The van der Waals surface area contributed by atoms with Crippen molar-refractivity contribution < 1.29 is 0 Å². The first kappa shape index (κ1) is 52.7. The second-order valence-electron chi connectivity index (χ2n) is 25.5. The minimum atomic E-state index is -0.0999. The zero-order valence-electron chi connectivity index (χ0n) is 52.0. The molecule has 2 aliphatic carbocycles. The highest BCUT2D eigenvalue weighted by Gasteiger charge is 2.42. The standard InChI is InChI=1S/C89H56N7/c1-3-24-56(25-4-1)91-81-43-19-20-44-82(81)92(57-26-5-2-6-27-57)86-55-72-69(54-85(86)91)67-35-22-46-84(96-78-42-18-12-33-65(78)71-53-59(48-50-80(71)96)94-75-39-15-9-30-62(75)63-31-10-16-40-76(63)94)88(67)87-66(68-36-23-51-90-89(68)72)34-21-45-83(87)95-77-41-17-11-32-64(77)70-52-58(47-49-79(70)95)93-73-37-13-7-28-60(73)61-29-8-14-38-74(61)93/h1-55,82H/q+1. The number of nitrogens with zero attached hydrogens (tertiary/aromatic N) is 7. The molecule has 3 aliphatic rings. The number of anilines is 2. The molecule has 446 valence electrons. The molecule has 7 nitrogen and oxygen atoms in total. The summed E-state index contributed by atoms with van der Waals surface area (Å²) in [6.07, 6.45) is 11.0. The maximum absolute atomic E-state index is 5.55. The van der Waals surface area contributed by atoms with Crippen molar-refractivity contribution in [2.24, 2.45) is 0 Å². The predicted molar refractivity (Wildman–Crippen MR) is 400 cm³/mol. The topological polar surface area (TPSA) is 38.9 Å². The van der Waals surface area contributed by atoms with Crippen molar-refractivity contribution in [1.29, 1.82) is 0 Å². The largest absolute Gasteiger partial charge is 0.319 e. The molecule has 5 aromatic heterocycles. The molecule has 0 amide bonds. The van der Waals surface area contributed by atoms with Crippen molar-refractivity contribution in [3.05, 3.63) is 334 Å². The van der Waals surface area contributed by atoms with Gasteiger partial charge >= 0.3 is 0 Å². The average Bonchev–Trinajstić information content (AvgIpc) is 1.00. The zero-order chi connectivity index (χ0) is 62.7. The van der Waals surface area contributed by atoms with E-state index in [1.165, 1.54) is 70.9 Å². The highest BCUT2D eigenvalue weighted by molar-refractivity contribution is 6.19. The zero-order valence-corrected chi connectivity index (χ0v) is 52.0. The lowest BCUT2D eigenvalue weighted by Gasteiger charge is -2.36. The van der Waals surface area contributed by atoms with Crippen molar-refractivity contribution in [3.8, 4) is 67.4 Å². The van der Waals surface area contributed by atoms with E-state index in [0.29, 0.717) is 0 Å². The minimum Gasteiger partial charge on any atom is -0.319 e. The van der Waals surface area contributed by atoms with E-state index in [4.69, 9.17) is 4.98 Å². The Hall–Kier alpha value is -12.8. The Morgan fingerprint density at radius 1 is 0.292 bits per heavy atom. The Bertz CT molecular complexity index is 6360. The molecule has 0 fully saturated rings. The lowest BCUT2D eigenvalue weighted by molar-refractivity contribution is 0.897. The summed E-state index contributed by atoms with van der Waals surface area (Å²) in [5, 5.41) is 9.67. The minimum absolute atomic E-state index is 0.0999. The van der Waals surface area contributed by atoms with E-state index in [1.807, 2.05) is 6.20 Å². The van der Waals surface area contributed by atoms with Gasteiger partial charge in [-0.1, -0.05) is 194 Å². The van der Waals surface area contributed by atoms with Gasteiger partial charge in [-0.25, -0.2) is 0 Å². The Morgan fingerprint density at radius 2 is 0.729 bits per heavy atom.